The minimum Gasteiger partial charge on any atom is -0.369 e. The van der Waals surface area contributed by atoms with Gasteiger partial charge in [0.2, 0.25) is 15.9 Å². The van der Waals surface area contributed by atoms with E-state index in [9.17, 15) is 13.2 Å². The first-order valence-corrected chi connectivity index (χ1v) is 10.9. The molecule has 144 valence electrons. The lowest BCUT2D eigenvalue weighted by atomic mass is 10.1. The monoisotopic (exact) mass is 407 g/mol. The van der Waals surface area contributed by atoms with Gasteiger partial charge >= 0.3 is 0 Å². The lowest BCUT2D eigenvalue weighted by Gasteiger charge is -2.34. The van der Waals surface area contributed by atoms with Crippen molar-refractivity contribution in [3.05, 3.63) is 59.1 Å². The van der Waals surface area contributed by atoms with Crippen molar-refractivity contribution in [3.8, 4) is 0 Å². The molecule has 0 aromatic heterocycles. The molecule has 0 saturated carbocycles. The molecule has 1 saturated heterocycles. The standard InChI is InChI=1S/C19H22ClN3O3S/c1-27(25,26)23-12-10-22(11-13-23)18-8-6-17(7-9-18)21-19(24)14-15-2-4-16(20)5-3-15/h2-9H,10-14H2,1H3,(H,21,24). The van der Waals surface area contributed by atoms with E-state index in [-0.39, 0.29) is 12.3 Å². The summed E-state index contributed by atoms with van der Waals surface area (Å²) in [5, 5.41) is 3.53. The largest absolute Gasteiger partial charge is 0.369 e. The van der Waals surface area contributed by atoms with Crippen LogP contribution in [0.2, 0.25) is 5.02 Å². The van der Waals surface area contributed by atoms with Gasteiger partial charge in [0.25, 0.3) is 0 Å². The Morgan fingerprint density at radius 1 is 1.00 bits per heavy atom. The predicted molar refractivity (Wildman–Crippen MR) is 109 cm³/mol. The molecule has 0 aliphatic carbocycles. The molecule has 0 unspecified atom stereocenters. The zero-order valence-corrected chi connectivity index (χ0v) is 16.6. The first-order valence-electron chi connectivity index (χ1n) is 8.66. The van der Waals surface area contributed by atoms with Crippen LogP contribution in [0.4, 0.5) is 11.4 Å². The third-order valence-corrected chi connectivity index (χ3v) is 6.06. The number of nitrogens with zero attached hydrogens (tertiary/aromatic N) is 2. The summed E-state index contributed by atoms with van der Waals surface area (Å²) in [5.41, 5.74) is 2.64. The van der Waals surface area contributed by atoms with Crippen molar-refractivity contribution in [2.45, 2.75) is 6.42 Å². The molecule has 1 fully saturated rings. The van der Waals surface area contributed by atoms with Gasteiger partial charge in [0, 0.05) is 42.6 Å². The maximum absolute atomic E-state index is 12.2. The molecule has 2 aromatic carbocycles. The number of anilines is 2. The second-order valence-corrected chi connectivity index (χ2v) is 8.97. The van der Waals surface area contributed by atoms with Crippen LogP contribution in [0.1, 0.15) is 5.56 Å². The zero-order chi connectivity index (χ0) is 19.4. The highest BCUT2D eigenvalue weighted by atomic mass is 35.5. The van der Waals surface area contributed by atoms with Gasteiger partial charge in [-0.15, -0.1) is 0 Å². The number of halogens is 1. The SMILES string of the molecule is CS(=O)(=O)N1CCN(c2ccc(NC(=O)Cc3ccc(Cl)cc3)cc2)CC1. The van der Waals surface area contributed by atoms with E-state index in [4.69, 9.17) is 11.6 Å². The van der Waals surface area contributed by atoms with Crippen LogP contribution in [-0.2, 0) is 21.2 Å². The summed E-state index contributed by atoms with van der Waals surface area (Å²) in [6, 6.07) is 14.8. The second kappa shape index (κ2) is 8.29. The van der Waals surface area contributed by atoms with Gasteiger partial charge in [0.05, 0.1) is 12.7 Å². The van der Waals surface area contributed by atoms with Crippen LogP contribution in [0.5, 0.6) is 0 Å². The summed E-state index contributed by atoms with van der Waals surface area (Å²) in [6.07, 6.45) is 1.52. The maximum Gasteiger partial charge on any atom is 0.228 e. The van der Waals surface area contributed by atoms with Gasteiger partial charge in [-0.2, -0.15) is 4.31 Å². The molecule has 1 heterocycles. The summed E-state index contributed by atoms with van der Waals surface area (Å²) in [4.78, 5) is 14.3. The van der Waals surface area contributed by atoms with Crippen LogP contribution >= 0.6 is 11.6 Å². The van der Waals surface area contributed by atoms with Gasteiger partial charge in [0.15, 0.2) is 0 Å². The topological polar surface area (TPSA) is 69.7 Å². The molecule has 0 spiro atoms. The highest BCUT2D eigenvalue weighted by Crippen LogP contribution is 2.20. The van der Waals surface area contributed by atoms with E-state index < -0.39 is 10.0 Å². The number of nitrogens with one attached hydrogen (secondary N) is 1. The molecule has 1 amide bonds. The number of rotatable bonds is 5. The van der Waals surface area contributed by atoms with Gasteiger partial charge < -0.3 is 10.2 Å². The highest BCUT2D eigenvalue weighted by Gasteiger charge is 2.23. The molecule has 1 aliphatic heterocycles. The molecule has 6 nitrogen and oxygen atoms in total. The fourth-order valence-electron chi connectivity index (χ4n) is 3.03. The van der Waals surface area contributed by atoms with Crippen molar-refractivity contribution in [1.29, 1.82) is 0 Å². The van der Waals surface area contributed by atoms with Crippen molar-refractivity contribution in [2.75, 3.05) is 42.7 Å². The normalized spacial score (nSPS) is 15.6. The van der Waals surface area contributed by atoms with Crippen molar-refractivity contribution < 1.29 is 13.2 Å². The van der Waals surface area contributed by atoms with E-state index >= 15 is 0 Å². The number of carbonyl (C=O) groups is 1. The number of hydrogen-bond acceptors (Lipinski definition) is 4. The molecule has 3 rings (SSSR count). The van der Waals surface area contributed by atoms with Crippen LogP contribution < -0.4 is 10.2 Å². The van der Waals surface area contributed by atoms with E-state index in [1.165, 1.54) is 10.6 Å². The summed E-state index contributed by atoms with van der Waals surface area (Å²) in [5.74, 6) is -0.0909. The zero-order valence-electron chi connectivity index (χ0n) is 15.1. The van der Waals surface area contributed by atoms with Crippen molar-refractivity contribution in [3.63, 3.8) is 0 Å². The Labute approximate surface area is 164 Å². The van der Waals surface area contributed by atoms with Crippen LogP contribution in [0.25, 0.3) is 0 Å². The molecule has 0 bridgehead atoms. The molecule has 0 atom stereocenters. The number of sulfonamides is 1. The first kappa shape index (κ1) is 19.7. The van der Waals surface area contributed by atoms with Gasteiger partial charge in [-0.1, -0.05) is 23.7 Å². The van der Waals surface area contributed by atoms with Crippen LogP contribution in [0.3, 0.4) is 0 Å². The Kier molecular flexibility index (Phi) is 6.04. The maximum atomic E-state index is 12.2. The Morgan fingerprint density at radius 3 is 2.15 bits per heavy atom. The lowest BCUT2D eigenvalue weighted by Crippen LogP contribution is -2.48. The minimum atomic E-state index is -3.13. The molecule has 1 N–H and O–H groups in total. The molecule has 2 aromatic rings. The minimum absolute atomic E-state index is 0.0909. The number of carbonyl (C=O) groups excluding carboxylic acids is 1. The van der Waals surface area contributed by atoms with Crippen molar-refractivity contribution in [2.24, 2.45) is 0 Å². The summed E-state index contributed by atoms with van der Waals surface area (Å²) in [7, 11) is -3.13. The smallest absolute Gasteiger partial charge is 0.228 e. The Balaban J connectivity index is 1.54. The summed E-state index contributed by atoms with van der Waals surface area (Å²) < 4.78 is 24.7. The number of amides is 1. The fourth-order valence-corrected chi connectivity index (χ4v) is 3.98. The first-order chi connectivity index (χ1) is 12.8. The van der Waals surface area contributed by atoms with E-state index in [1.807, 2.05) is 36.4 Å². The molecule has 27 heavy (non-hydrogen) atoms. The number of piperazine rings is 1. The quantitative estimate of drug-likeness (QED) is 0.827. The lowest BCUT2D eigenvalue weighted by molar-refractivity contribution is -0.115. The van der Waals surface area contributed by atoms with Crippen LogP contribution in [0, 0.1) is 0 Å². The number of hydrogen-bond donors (Lipinski definition) is 1. The molecular weight excluding hydrogens is 386 g/mol. The van der Waals surface area contributed by atoms with Crippen LogP contribution in [-0.4, -0.2) is 51.1 Å². The average Bonchev–Trinajstić information content (AvgIpc) is 2.64. The predicted octanol–water partition coefficient (Wildman–Crippen LogP) is 2.60. The van der Waals surface area contributed by atoms with Gasteiger partial charge in [0.1, 0.15) is 0 Å². The second-order valence-electron chi connectivity index (χ2n) is 6.55. The van der Waals surface area contributed by atoms with E-state index in [0.717, 1.165) is 16.9 Å². The molecule has 1 aliphatic rings. The third kappa shape index (κ3) is 5.45. The number of benzene rings is 2. The molecule has 0 radical (unpaired) electrons. The average molecular weight is 408 g/mol. The van der Waals surface area contributed by atoms with Gasteiger partial charge in [-0.3, -0.25) is 4.79 Å². The Hall–Kier alpha value is -2.09. The van der Waals surface area contributed by atoms with Gasteiger partial charge in [-0.25, -0.2) is 8.42 Å². The van der Waals surface area contributed by atoms with Crippen LogP contribution in [0.15, 0.2) is 48.5 Å². The van der Waals surface area contributed by atoms with E-state index in [1.54, 1.807) is 12.1 Å². The molecular formula is C19H22ClN3O3S. The van der Waals surface area contributed by atoms with Crippen molar-refractivity contribution in [1.82, 2.24) is 4.31 Å². The summed E-state index contributed by atoms with van der Waals surface area (Å²) in [6.45, 7) is 2.27. The Bertz CT molecular complexity index is 891. The highest BCUT2D eigenvalue weighted by molar-refractivity contribution is 7.88. The fraction of sp³-hybridized carbons (Fsp3) is 0.316. The van der Waals surface area contributed by atoms with Gasteiger partial charge in [-0.05, 0) is 42.0 Å². The molecule has 8 heteroatoms. The summed E-state index contributed by atoms with van der Waals surface area (Å²) >= 11 is 5.85. The van der Waals surface area contributed by atoms with Crippen molar-refractivity contribution >= 4 is 38.9 Å². The van der Waals surface area contributed by atoms with E-state index in [2.05, 4.69) is 10.2 Å². The third-order valence-electron chi connectivity index (χ3n) is 4.50. The Morgan fingerprint density at radius 2 is 1.59 bits per heavy atom. The van der Waals surface area contributed by atoms with E-state index in [0.29, 0.717) is 31.2 Å².